The van der Waals surface area contributed by atoms with Crippen LogP contribution in [0.25, 0.3) is 0 Å². The monoisotopic (exact) mass is 371 g/mol. The number of anilines is 1. The van der Waals surface area contributed by atoms with Crippen LogP contribution in [0.5, 0.6) is 0 Å². The summed E-state index contributed by atoms with van der Waals surface area (Å²) < 4.78 is 0. The molecule has 1 fully saturated rings. The minimum Gasteiger partial charge on any atom is -0.357 e. The smallest absolute Gasteiger partial charge is 0.191 e. The largest absolute Gasteiger partial charge is 0.357 e. The van der Waals surface area contributed by atoms with Crippen molar-refractivity contribution in [3.05, 3.63) is 46.3 Å². The number of rotatable bonds is 7. The van der Waals surface area contributed by atoms with Crippen molar-refractivity contribution in [3.63, 3.8) is 0 Å². The van der Waals surface area contributed by atoms with Crippen LogP contribution >= 0.6 is 11.3 Å². The number of hydrogen-bond donors (Lipinski definition) is 2. The lowest BCUT2D eigenvalue weighted by atomic mass is 10.1. The highest BCUT2D eigenvalue weighted by Gasteiger charge is 2.13. The molecule has 0 aliphatic carbocycles. The van der Waals surface area contributed by atoms with Crippen LogP contribution in [0.15, 0.2) is 40.1 Å². The van der Waals surface area contributed by atoms with Gasteiger partial charge >= 0.3 is 0 Å². The molecule has 2 N–H and O–H groups in total. The van der Waals surface area contributed by atoms with Gasteiger partial charge in [0.2, 0.25) is 0 Å². The molecule has 6 heteroatoms. The van der Waals surface area contributed by atoms with Crippen molar-refractivity contribution < 1.29 is 0 Å². The second-order valence-electron chi connectivity index (χ2n) is 6.75. The first-order chi connectivity index (χ1) is 12.8. The zero-order valence-electron chi connectivity index (χ0n) is 15.7. The molecule has 0 radical (unpaired) electrons. The Morgan fingerprint density at radius 2 is 2.15 bits per heavy atom. The maximum absolute atomic E-state index is 4.76. The van der Waals surface area contributed by atoms with E-state index in [1.807, 2.05) is 6.20 Å². The van der Waals surface area contributed by atoms with E-state index in [-0.39, 0.29) is 0 Å². The van der Waals surface area contributed by atoms with Gasteiger partial charge in [-0.1, -0.05) is 6.92 Å². The number of aliphatic imine (C=N–C) groups is 1. The van der Waals surface area contributed by atoms with Crippen molar-refractivity contribution in [1.82, 2.24) is 15.6 Å². The molecule has 1 aliphatic rings. The van der Waals surface area contributed by atoms with Crippen LogP contribution in [0.4, 0.5) is 5.82 Å². The lowest BCUT2D eigenvalue weighted by Gasteiger charge is -2.17. The Kier molecular flexibility index (Phi) is 6.89. The predicted octanol–water partition coefficient (Wildman–Crippen LogP) is 3.60. The van der Waals surface area contributed by atoms with Gasteiger partial charge in [0.05, 0.1) is 6.54 Å². The highest BCUT2D eigenvalue weighted by molar-refractivity contribution is 7.07. The van der Waals surface area contributed by atoms with Crippen molar-refractivity contribution in [2.24, 2.45) is 4.99 Å². The summed E-state index contributed by atoms with van der Waals surface area (Å²) in [4.78, 5) is 11.6. The van der Waals surface area contributed by atoms with Gasteiger partial charge in [-0.25, -0.2) is 9.98 Å². The minimum atomic E-state index is 0.466. The third-order valence-electron chi connectivity index (χ3n) is 4.69. The number of nitrogens with one attached hydrogen (secondary N) is 2. The Bertz CT molecular complexity index is 692. The van der Waals surface area contributed by atoms with E-state index in [9.17, 15) is 0 Å². The Labute approximate surface area is 160 Å². The molecule has 0 spiro atoms. The molecule has 1 saturated heterocycles. The van der Waals surface area contributed by atoms with Crippen molar-refractivity contribution in [1.29, 1.82) is 0 Å². The fraction of sp³-hybridized carbons (Fsp3) is 0.500. The molecule has 0 bridgehead atoms. The zero-order chi connectivity index (χ0) is 18.2. The standard InChI is InChI=1S/C20H29N5S/c1-3-21-20(23-13-16(2)18-7-11-26-15-18)24-14-17-6-8-22-19(12-17)25-9-4-5-10-25/h6-8,11-12,15-16H,3-5,9-10,13-14H2,1-2H3,(H2,21,23,24). The van der Waals surface area contributed by atoms with Crippen LogP contribution in [0.1, 0.15) is 43.7 Å². The maximum Gasteiger partial charge on any atom is 0.191 e. The highest BCUT2D eigenvalue weighted by atomic mass is 32.1. The molecule has 140 valence electrons. The van der Waals surface area contributed by atoms with Crippen molar-refractivity contribution in [2.45, 2.75) is 39.2 Å². The van der Waals surface area contributed by atoms with Gasteiger partial charge in [0.15, 0.2) is 5.96 Å². The van der Waals surface area contributed by atoms with Gasteiger partial charge in [0.1, 0.15) is 5.82 Å². The van der Waals surface area contributed by atoms with E-state index in [0.29, 0.717) is 12.5 Å². The minimum absolute atomic E-state index is 0.466. The van der Waals surface area contributed by atoms with Gasteiger partial charge in [0.25, 0.3) is 0 Å². The van der Waals surface area contributed by atoms with E-state index in [1.165, 1.54) is 24.0 Å². The molecule has 1 aliphatic heterocycles. The van der Waals surface area contributed by atoms with Gasteiger partial charge in [-0.2, -0.15) is 11.3 Å². The molecule has 1 unspecified atom stereocenters. The van der Waals surface area contributed by atoms with Crippen LogP contribution in [0.3, 0.4) is 0 Å². The quantitative estimate of drug-likeness (QED) is 0.577. The number of aromatic nitrogens is 1. The second-order valence-corrected chi connectivity index (χ2v) is 7.53. The maximum atomic E-state index is 4.76. The highest BCUT2D eigenvalue weighted by Crippen LogP contribution is 2.19. The van der Waals surface area contributed by atoms with Gasteiger partial charge in [0, 0.05) is 32.4 Å². The number of pyridine rings is 1. The number of nitrogens with zero attached hydrogens (tertiary/aromatic N) is 3. The molecule has 26 heavy (non-hydrogen) atoms. The van der Waals surface area contributed by atoms with Crippen LogP contribution < -0.4 is 15.5 Å². The molecule has 2 aromatic heterocycles. The van der Waals surface area contributed by atoms with Crippen molar-refractivity contribution >= 4 is 23.1 Å². The first-order valence-electron chi connectivity index (χ1n) is 9.50. The molecule has 1 atom stereocenters. The van der Waals surface area contributed by atoms with Crippen LogP contribution in [-0.2, 0) is 6.54 Å². The van der Waals surface area contributed by atoms with E-state index in [0.717, 1.165) is 38.0 Å². The van der Waals surface area contributed by atoms with Crippen molar-refractivity contribution in [2.75, 3.05) is 31.1 Å². The van der Waals surface area contributed by atoms with E-state index in [2.05, 4.69) is 63.3 Å². The third kappa shape index (κ3) is 5.21. The molecule has 5 nitrogen and oxygen atoms in total. The summed E-state index contributed by atoms with van der Waals surface area (Å²) in [5, 5.41) is 11.2. The second kappa shape index (κ2) is 9.57. The average molecular weight is 372 g/mol. The first-order valence-corrected chi connectivity index (χ1v) is 10.4. The Morgan fingerprint density at radius 1 is 1.31 bits per heavy atom. The molecule has 0 saturated carbocycles. The lowest BCUT2D eigenvalue weighted by Crippen LogP contribution is -2.39. The molecule has 3 heterocycles. The summed E-state index contributed by atoms with van der Waals surface area (Å²) in [5.74, 6) is 2.42. The van der Waals surface area contributed by atoms with E-state index in [1.54, 1.807) is 11.3 Å². The normalized spacial score (nSPS) is 15.9. The van der Waals surface area contributed by atoms with Gasteiger partial charge in [-0.05, 0) is 65.8 Å². The fourth-order valence-corrected chi connectivity index (χ4v) is 3.90. The van der Waals surface area contributed by atoms with E-state index in [4.69, 9.17) is 4.99 Å². The molecular weight excluding hydrogens is 342 g/mol. The van der Waals surface area contributed by atoms with Crippen molar-refractivity contribution in [3.8, 4) is 0 Å². The van der Waals surface area contributed by atoms with Crippen LogP contribution in [-0.4, -0.2) is 37.1 Å². The van der Waals surface area contributed by atoms with Gasteiger partial charge in [-0.3, -0.25) is 0 Å². The van der Waals surface area contributed by atoms with E-state index < -0.39 is 0 Å². The zero-order valence-corrected chi connectivity index (χ0v) is 16.6. The topological polar surface area (TPSA) is 52.6 Å². The predicted molar refractivity (Wildman–Crippen MR) is 111 cm³/mol. The Morgan fingerprint density at radius 3 is 2.88 bits per heavy atom. The summed E-state index contributed by atoms with van der Waals surface area (Å²) >= 11 is 1.75. The summed E-state index contributed by atoms with van der Waals surface area (Å²) in [5.41, 5.74) is 2.58. The number of hydrogen-bond acceptors (Lipinski definition) is 4. The Balaban J connectivity index is 1.59. The Hall–Kier alpha value is -2.08. The van der Waals surface area contributed by atoms with Crippen LogP contribution in [0.2, 0.25) is 0 Å². The number of guanidine groups is 1. The summed E-state index contributed by atoms with van der Waals surface area (Å²) in [6.45, 7) is 8.95. The average Bonchev–Trinajstić information content (AvgIpc) is 3.38. The molecular formula is C20H29N5S. The fourth-order valence-electron chi connectivity index (χ4n) is 3.11. The number of thiophene rings is 1. The van der Waals surface area contributed by atoms with Crippen LogP contribution in [0, 0.1) is 0 Å². The summed E-state index contributed by atoms with van der Waals surface area (Å²) in [6, 6.07) is 6.42. The van der Waals surface area contributed by atoms with E-state index >= 15 is 0 Å². The van der Waals surface area contributed by atoms with Gasteiger partial charge < -0.3 is 15.5 Å². The molecule has 0 aromatic carbocycles. The summed E-state index contributed by atoms with van der Waals surface area (Å²) in [6.07, 6.45) is 4.43. The summed E-state index contributed by atoms with van der Waals surface area (Å²) in [7, 11) is 0. The lowest BCUT2D eigenvalue weighted by molar-refractivity contribution is 0.701. The van der Waals surface area contributed by atoms with Gasteiger partial charge in [-0.15, -0.1) is 0 Å². The third-order valence-corrected chi connectivity index (χ3v) is 5.39. The molecule has 2 aromatic rings. The molecule has 3 rings (SSSR count). The molecule has 0 amide bonds. The first kappa shape index (κ1) is 18.7. The SMILES string of the molecule is CCNC(=NCc1ccnc(N2CCCC2)c1)NCC(C)c1ccsc1.